The molecule has 2 heteroatoms. The van der Waals surface area contributed by atoms with Crippen LogP contribution < -0.4 is 5.32 Å². The van der Waals surface area contributed by atoms with Crippen molar-refractivity contribution < 1.29 is 0 Å². The van der Waals surface area contributed by atoms with E-state index in [1.807, 2.05) is 0 Å². The molecule has 0 heterocycles. The summed E-state index contributed by atoms with van der Waals surface area (Å²) in [5.41, 5.74) is 5.32. The summed E-state index contributed by atoms with van der Waals surface area (Å²) in [5.74, 6) is 0.345. The summed E-state index contributed by atoms with van der Waals surface area (Å²) < 4.78 is 0. The van der Waals surface area contributed by atoms with Crippen LogP contribution in [0.15, 0.2) is 90.5 Å². The highest BCUT2D eigenvalue weighted by Crippen LogP contribution is 2.33. The van der Waals surface area contributed by atoms with Crippen LogP contribution in [0.2, 0.25) is 0 Å². The second-order valence-electron chi connectivity index (χ2n) is 7.44. The molecule has 3 aromatic carbocycles. The second-order valence-corrected chi connectivity index (χ2v) is 7.44. The third-order valence-electron chi connectivity index (χ3n) is 5.09. The largest absolute Gasteiger partial charge is 0.381 e. The molecule has 0 fully saturated rings. The van der Waals surface area contributed by atoms with Crippen molar-refractivity contribution in [1.29, 1.82) is 0 Å². The van der Waals surface area contributed by atoms with Gasteiger partial charge in [-0.25, -0.2) is 0 Å². The van der Waals surface area contributed by atoms with Crippen LogP contribution in [-0.2, 0) is 6.54 Å². The SMILES string of the molecule is CN(C)CC1=CC(c2ccc3ccccc3c2CNc2ccccc2)C=C1. The van der Waals surface area contributed by atoms with Gasteiger partial charge in [0, 0.05) is 24.7 Å². The van der Waals surface area contributed by atoms with Gasteiger partial charge in [0.2, 0.25) is 0 Å². The van der Waals surface area contributed by atoms with Crippen LogP contribution in [0.5, 0.6) is 0 Å². The number of nitrogens with zero attached hydrogens (tertiary/aromatic N) is 1. The van der Waals surface area contributed by atoms with Crippen molar-refractivity contribution in [3.05, 3.63) is 102 Å². The Bertz CT molecular complexity index is 984. The van der Waals surface area contributed by atoms with Crippen LogP contribution in [-0.4, -0.2) is 25.5 Å². The number of rotatable bonds is 6. The molecule has 136 valence electrons. The van der Waals surface area contributed by atoms with Gasteiger partial charge in [0.05, 0.1) is 0 Å². The normalized spacial score (nSPS) is 16.1. The topological polar surface area (TPSA) is 15.3 Å². The van der Waals surface area contributed by atoms with Gasteiger partial charge in [-0.1, -0.05) is 72.8 Å². The first-order chi connectivity index (χ1) is 13.2. The van der Waals surface area contributed by atoms with E-state index in [0.717, 1.165) is 18.8 Å². The molecule has 1 atom stereocenters. The van der Waals surface area contributed by atoms with E-state index in [2.05, 4.69) is 109 Å². The quantitative estimate of drug-likeness (QED) is 0.620. The standard InChI is InChI=1S/C25H26N2/c1-27(2)18-19-12-13-21(16-19)24-15-14-20-8-6-7-11-23(20)25(24)17-26-22-9-4-3-5-10-22/h3-16,21,26H,17-18H2,1-2H3. The van der Waals surface area contributed by atoms with Crippen molar-refractivity contribution in [1.82, 2.24) is 4.90 Å². The zero-order valence-corrected chi connectivity index (χ0v) is 16.0. The van der Waals surface area contributed by atoms with Crippen LogP contribution in [0.3, 0.4) is 0 Å². The van der Waals surface area contributed by atoms with Crippen LogP contribution in [0.1, 0.15) is 17.0 Å². The molecule has 0 saturated carbocycles. The number of likely N-dealkylation sites (N-methyl/N-ethyl adjacent to an activating group) is 1. The van der Waals surface area contributed by atoms with Gasteiger partial charge in [0.15, 0.2) is 0 Å². The molecule has 27 heavy (non-hydrogen) atoms. The fourth-order valence-electron chi connectivity index (χ4n) is 3.84. The number of nitrogens with one attached hydrogen (secondary N) is 1. The van der Waals surface area contributed by atoms with Crippen molar-refractivity contribution >= 4 is 16.5 Å². The molecule has 0 amide bonds. The van der Waals surface area contributed by atoms with Crippen molar-refractivity contribution in [2.45, 2.75) is 12.5 Å². The van der Waals surface area contributed by atoms with Crippen molar-refractivity contribution in [3.8, 4) is 0 Å². The summed E-state index contributed by atoms with van der Waals surface area (Å²) in [6.07, 6.45) is 7.00. The van der Waals surface area contributed by atoms with E-state index in [4.69, 9.17) is 0 Å². The number of fused-ring (bicyclic) bond motifs is 1. The predicted molar refractivity (Wildman–Crippen MR) is 116 cm³/mol. The first-order valence-electron chi connectivity index (χ1n) is 9.54. The average Bonchev–Trinajstić information content (AvgIpc) is 3.14. The van der Waals surface area contributed by atoms with E-state index >= 15 is 0 Å². The smallest absolute Gasteiger partial charge is 0.0410 e. The Morgan fingerprint density at radius 3 is 2.48 bits per heavy atom. The Morgan fingerprint density at radius 1 is 0.889 bits per heavy atom. The lowest BCUT2D eigenvalue weighted by molar-refractivity contribution is 0.449. The Balaban J connectivity index is 1.70. The molecule has 0 aliphatic heterocycles. The lowest BCUT2D eigenvalue weighted by Crippen LogP contribution is -2.13. The van der Waals surface area contributed by atoms with E-state index in [1.165, 1.54) is 27.5 Å². The molecule has 1 N–H and O–H groups in total. The summed E-state index contributed by atoms with van der Waals surface area (Å²) >= 11 is 0. The predicted octanol–water partition coefficient (Wildman–Crippen LogP) is 5.59. The lowest BCUT2D eigenvalue weighted by atomic mass is 9.90. The molecule has 1 unspecified atom stereocenters. The van der Waals surface area contributed by atoms with Gasteiger partial charge in [-0.05, 0) is 53.7 Å². The molecule has 2 nitrogen and oxygen atoms in total. The van der Waals surface area contributed by atoms with Gasteiger partial charge in [-0.3, -0.25) is 0 Å². The molecular weight excluding hydrogens is 328 g/mol. The van der Waals surface area contributed by atoms with Gasteiger partial charge in [-0.15, -0.1) is 0 Å². The molecule has 0 radical (unpaired) electrons. The summed E-state index contributed by atoms with van der Waals surface area (Å²) in [7, 11) is 4.24. The van der Waals surface area contributed by atoms with Gasteiger partial charge >= 0.3 is 0 Å². The maximum Gasteiger partial charge on any atom is 0.0410 e. The van der Waals surface area contributed by atoms with Gasteiger partial charge in [0.1, 0.15) is 0 Å². The van der Waals surface area contributed by atoms with E-state index in [0.29, 0.717) is 5.92 Å². The first-order valence-corrected chi connectivity index (χ1v) is 9.54. The highest BCUT2D eigenvalue weighted by Gasteiger charge is 2.17. The number of hydrogen-bond acceptors (Lipinski definition) is 2. The van der Waals surface area contributed by atoms with E-state index < -0.39 is 0 Å². The highest BCUT2D eigenvalue weighted by atomic mass is 15.0. The van der Waals surface area contributed by atoms with Crippen LogP contribution >= 0.6 is 0 Å². The Kier molecular flexibility index (Phi) is 5.08. The monoisotopic (exact) mass is 354 g/mol. The van der Waals surface area contributed by atoms with E-state index in [1.54, 1.807) is 0 Å². The zero-order chi connectivity index (χ0) is 18.6. The highest BCUT2D eigenvalue weighted by molar-refractivity contribution is 5.87. The van der Waals surface area contributed by atoms with Crippen LogP contribution in [0, 0.1) is 0 Å². The van der Waals surface area contributed by atoms with Gasteiger partial charge in [0.25, 0.3) is 0 Å². The Hall–Kier alpha value is -2.84. The number of anilines is 1. The molecule has 0 aromatic heterocycles. The molecule has 0 spiro atoms. The average molecular weight is 354 g/mol. The number of allylic oxidation sites excluding steroid dienone is 2. The number of para-hydroxylation sites is 1. The summed E-state index contributed by atoms with van der Waals surface area (Å²) in [6.45, 7) is 1.81. The number of hydrogen-bond donors (Lipinski definition) is 1. The Morgan fingerprint density at radius 2 is 1.67 bits per heavy atom. The summed E-state index contributed by atoms with van der Waals surface area (Å²) in [6, 6.07) is 23.7. The third-order valence-corrected chi connectivity index (χ3v) is 5.09. The minimum Gasteiger partial charge on any atom is -0.381 e. The fraction of sp³-hybridized carbons (Fsp3) is 0.200. The Labute approximate surface area is 161 Å². The van der Waals surface area contributed by atoms with E-state index in [9.17, 15) is 0 Å². The molecule has 0 saturated heterocycles. The van der Waals surface area contributed by atoms with Gasteiger partial charge in [-0.2, -0.15) is 0 Å². The van der Waals surface area contributed by atoms with Gasteiger partial charge < -0.3 is 10.2 Å². The van der Waals surface area contributed by atoms with Crippen molar-refractivity contribution in [2.75, 3.05) is 26.0 Å². The summed E-state index contributed by atoms with van der Waals surface area (Å²) in [4.78, 5) is 2.22. The first kappa shape index (κ1) is 17.6. The molecular formula is C25H26N2. The second kappa shape index (κ2) is 7.81. The third kappa shape index (κ3) is 3.96. The molecule has 1 aliphatic rings. The van der Waals surface area contributed by atoms with Crippen LogP contribution in [0.25, 0.3) is 10.8 Å². The maximum absolute atomic E-state index is 3.61. The molecule has 0 bridgehead atoms. The fourth-order valence-corrected chi connectivity index (χ4v) is 3.84. The van der Waals surface area contributed by atoms with Crippen LogP contribution in [0.4, 0.5) is 5.69 Å². The molecule has 4 rings (SSSR count). The minimum absolute atomic E-state index is 0.345. The van der Waals surface area contributed by atoms with E-state index in [-0.39, 0.29) is 0 Å². The maximum atomic E-state index is 3.61. The minimum atomic E-state index is 0.345. The summed E-state index contributed by atoms with van der Waals surface area (Å²) in [5, 5.41) is 6.24. The van der Waals surface area contributed by atoms with Crippen molar-refractivity contribution in [2.24, 2.45) is 0 Å². The van der Waals surface area contributed by atoms with Crippen molar-refractivity contribution in [3.63, 3.8) is 0 Å². The lowest BCUT2D eigenvalue weighted by Gasteiger charge is -2.18. The molecule has 3 aromatic rings. The molecule has 1 aliphatic carbocycles. The number of benzene rings is 3. The zero-order valence-electron chi connectivity index (χ0n) is 16.0.